The van der Waals surface area contributed by atoms with Gasteiger partial charge in [-0.2, -0.15) is 0 Å². The molecule has 0 aliphatic carbocycles. The van der Waals surface area contributed by atoms with E-state index in [1.807, 2.05) is 19.1 Å². The van der Waals surface area contributed by atoms with E-state index in [1.54, 1.807) is 17.5 Å². The molecule has 2 rings (SSSR count). The van der Waals surface area contributed by atoms with Crippen LogP contribution in [0.5, 0.6) is 0 Å². The van der Waals surface area contributed by atoms with Crippen molar-refractivity contribution in [1.82, 2.24) is 4.98 Å². The molecule has 0 radical (unpaired) electrons. The summed E-state index contributed by atoms with van der Waals surface area (Å²) >= 11 is 7.16. The molecule has 0 bridgehead atoms. The summed E-state index contributed by atoms with van der Waals surface area (Å²) in [6.45, 7) is 1.89. The number of hydrogen-bond acceptors (Lipinski definition) is 3. The number of nitrogens with two attached hydrogens (primary N) is 1. The second-order valence-electron chi connectivity index (χ2n) is 4.30. The predicted octanol–water partition coefficient (Wildman–Crippen LogP) is 3.23. The van der Waals surface area contributed by atoms with E-state index in [1.165, 1.54) is 11.3 Å². The number of aromatic nitrogens is 1. The topological polar surface area (TPSA) is 68.0 Å². The Morgan fingerprint density at radius 1 is 1.50 bits per heavy atom. The number of amides is 2. The van der Waals surface area contributed by atoms with E-state index >= 15 is 0 Å². The highest BCUT2D eigenvalue weighted by Gasteiger charge is 2.29. The molecule has 0 aliphatic heterocycles. The monoisotopic (exact) mass is 305 g/mol. The molecule has 0 spiro atoms. The number of benzene rings is 1. The summed E-state index contributed by atoms with van der Waals surface area (Å²) in [5.41, 5.74) is 5.95. The Hall–Kier alpha value is -2.03. The molecule has 0 fully saturated rings. The van der Waals surface area contributed by atoms with Crippen molar-refractivity contribution in [2.45, 2.75) is 12.3 Å². The second-order valence-corrected chi connectivity index (χ2v) is 5.60. The number of urea groups is 1. The number of carbonyl (C=O) groups is 1. The quantitative estimate of drug-likeness (QED) is 0.855. The Kier molecular flexibility index (Phi) is 3.98. The van der Waals surface area contributed by atoms with Crippen molar-refractivity contribution in [3.05, 3.63) is 45.9 Å². The highest BCUT2D eigenvalue weighted by Crippen LogP contribution is 2.33. The Morgan fingerprint density at radius 2 is 2.15 bits per heavy atom. The largest absolute Gasteiger partial charge is 0.351 e. The Labute approximate surface area is 126 Å². The van der Waals surface area contributed by atoms with Crippen LogP contribution in [0.4, 0.5) is 9.93 Å². The van der Waals surface area contributed by atoms with Crippen molar-refractivity contribution in [3.63, 3.8) is 0 Å². The van der Waals surface area contributed by atoms with Gasteiger partial charge in [-0.15, -0.1) is 17.8 Å². The van der Waals surface area contributed by atoms with Gasteiger partial charge in [0.1, 0.15) is 0 Å². The molecule has 102 valence electrons. The van der Waals surface area contributed by atoms with Crippen LogP contribution in [0.25, 0.3) is 0 Å². The summed E-state index contributed by atoms with van der Waals surface area (Å²) in [5.74, 6) is 2.75. The summed E-state index contributed by atoms with van der Waals surface area (Å²) in [5, 5.41) is 5.30. The van der Waals surface area contributed by atoms with E-state index in [4.69, 9.17) is 23.8 Å². The molecule has 1 heterocycles. The van der Waals surface area contributed by atoms with E-state index in [0.29, 0.717) is 15.8 Å². The SMILES string of the molecule is C#C[C@@](C)(c1ccc(Cl)cc1)c1csc(NC(N)=O)n1. The average Bonchev–Trinajstić information content (AvgIpc) is 2.87. The van der Waals surface area contributed by atoms with Crippen LogP contribution >= 0.6 is 22.9 Å². The fraction of sp³-hybridized carbons (Fsp3) is 0.143. The first-order valence-electron chi connectivity index (χ1n) is 5.72. The maximum absolute atomic E-state index is 10.8. The third-order valence-corrected chi connectivity index (χ3v) is 3.97. The van der Waals surface area contributed by atoms with Crippen LogP contribution in [0.1, 0.15) is 18.2 Å². The Bertz CT molecular complexity index is 674. The van der Waals surface area contributed by atoms with E-state index in [-0.39, 0.29) is 0 Å². The summed E-state index contributed by atoms with van der Waals surface area (Å²) in [6.07, 6.45) is 5.69. The number of primary amides is 1. The van der Waals surface area contributed by atoms with Crippen LogP contribution in [0.2, 0.25) is 5.02 Å². The number of terminal acetylenes is 1. The van der Waals surface area contributed by atoms with E-state index in [2.05, 4.69) is 16.2 Å². The summed E-state index contributed by atoms with van der Waals surface area (Å²) in [6, 6.07) is 6.63. The van der Waals surface area contributed by atoms with Gasteiger partial charge >= 0.3 is 6.03 Å². The fourth-order valence-corrected chi connectivity index (χ4v) is 2.70. The van der Waals surface area contributed by atoms with Gasteiger partial charge in [-0.05, 0) is 24.6 Å². The Morgan fingerprint density at radius 3 is 2.70 bits per heavy atom. The van der Waals surface area contributed by atoms with E-state index in [0.717, 1.165) is 5.56 Å². The molecule has 1 aromatic carbocycles. The zero-order valence-electron chi connectivity index (χ0n) is 10.7. The molecule has 20 heavy (non-hydrogen) atoms. The smallest absolute Gasteiger partial charge is 0.318 e. The first kappa shape index (κ1) is 14.4. The molecule has 2 amide bonds. The van der Waals surface area contributed by atoms with Crippen molar-refractivity contribution in [1.29, 1.82) is 0 Å². The summed E-state index contributed by atoms with van der Waals surface area (Å²) < 4.78 is 0. The van der Waals surface area contributed by atoms with Gasteiger partial charge in [0.25, 0.3) is 0 Å². The maximum Gasteiger partial charge on any atom is 0.318 e. The number of nitrogens with one attached hydrogen (secondary N) is 1. The van der Waals surface area contributed by atoms with E-state index < -0.39 is 11.4 Å². The highest BCUT2D eigenvalue weighted by molar-refractivity contribution is 7.13. The molecule has 0 saturated heterocycles. The molecule has 2 aromatic rings. The van der Waals surface area contributed by atoms with Crippen molar-refractivity contribution in [2.24, 2.45) is 5.73 Å². The van der Waals surface area contributed by atoms with Gasteiger partial charge in [-0.3, -0.25) is 5.32 Å². The summed E-state index contributed by atoms with van der Waals surface area (Å²) in [7, 11) is 0. The van der Waals surface area contributed by atoms with Crippen molar-refractivity contribution < 1.29 is 4.79 Å². The normalized spacial score (nSPS) is 13.2. The lowest BCUT2D eigenvalue weighted by Crippen LogP contribution is -2.23. The molecule has 3 N–H and O–H groups in total. The number of thiazole rings is 1. The van der Waals surface area contributed by atoms with Crippen LogP contribution in [-0.4, -0.2) is 11.0 Å². The lowest BCUT2D eigenvalue weighted by atomic mass is 9.81. The number of anilines is 1. The molecule has 1 aromatic heterocycles. The standard InChI is InChI=1S/C14H12ClN3OS/c1-3-14(2,9-4-6-10(15)7-5-9)11-8-20-13(17-11)18-12(16)19/h1,4-8H,2H3,(H3,16,17,18,19)/t14-/m0/s1. The molecule has 1 atom stereocenters. The van der Waals surface area contributed by atoms with Gasteiger partial charge in [-0.1, -0.05) is 29.7 Å². The highest BCUT2D eigenvalue weighted by atomic mass is 35.5. The maximum atomic E-state index is 10.8. The summed E-state index contributed by atoms with van der Waals surface area (Å²) in [4.78, 5) is 15.2. The number of carbonyl (C=O) groups excluding carboxylic acids is 1. The lowest BCUT2D eigenvalue weighted by molar-refractivity contribution is 0.259. The lowest BCUT2D eigenvalue weighted by Gasteiger charge is -2.22. The molecule has 0 unspecified atom stereocenters. The van der Waals surface area contributed by atoms with Gasteiger partial charge in [0, 0.05) is 10.4 Å². The predicted molar refractivity (Wildman–Crippen MR) is 82.1 cm³/mol. The molecule has 6 heteroatoms. The van der Waals surface area contributed by atoms with Gasteiger partial charge in [0.05, 0.1) is 11.1 Å². The first-order chi connectivity index (χ1) is 9.45. The molecule has 0 saturated carbocycles. The van der Waals surface area contributed by atoms with Crippen molar-refractivity contribution in [2.75, 3.05) is 5.32 Å². The third-order valence-electron chi connectivity index (χ3n) is 2.96. The van der Waals surface area contributed by atoms with Gasteiger partial charge in [0.2, 0.25) is 0 Å². The van der Waals surface area contributed by atoms with Crippen LogP contribution < -0.4 is 11.1 Å². The zero-order chi connectivity index (χ0) is 14.8. The van der Waals surface area contributed by atoms with Crippen LogP contribution in [0.3, 0.4) is 0 Å². The van der Waals surface area contributed by atoms with E-state index in [9.17, 15) is 4.79 Å². The average molecular weight is 306 g/mol. The second kappa shape index (κ2) is 5.53. The van der Waals surface area contributed by atoms with Crippen LogP contribution in [-0.2, 0) is 5.41 Å². The van der Waals surface area contributed by atoms with Crippen LogP contribution in [0, 0.1) is 12.3 Å². The van der Waals surface area contributed by atoms with Crippen LogP contribution in [0.15, 0.2) is 29.6 Å². The number of nitrogens with zero attached hydrogens (tertiary/aromatic N) is 1. The first-order valence-corrected chi connectivity index (χ1v) is 6.98. The third kappa shape index (κ3) is 2.77. The van der Waals surface area contributed by atoms with Gasteiger partial charge in [-0.25, -0.2) is 9.78 Å². The van der Waals surface area contributed by atoms with Gasteiger partial charge in [0.15, 0.2) is 5.13 Å². The van der Waals surface area contributed by atoms with Crippen molar-refractivity contribution in [3.8, 4) is 12.3 Å². The minimum atomic E-state index is -0.696. The zero-order valence-corrected chi connectivity index (χ0v) is 12.3. The minimum Gasteiger partial charge on any atom is -0.351 e. The number of rotatable bonds is 3. The Balaban J connectivity index is 2.40. The number of halogens is 1. The minimum absolute atomic E-state index is 0.419. The number of hydrogen-bond donors (Lipinski definition) is 2. The van der Waals surface area contributed by atoms with Gasteiger partial charge < -0.3 is 5.73 Å². The molecular formula is C14H12ClN3OS. The molecule has 0 aliphatic rings. The molecule has 4 nitrogen and oxygen atoms in total. The fourth-order valence-electron chi connectivity index (χ4n) is 1.75. The molecular weight excluding hydrogens is 294 g/mol. The van der Waals surface area contributed by atoms with Crippen molar-refractivity contribution >= 4 is 34.1 Å².